The van der Waals surface area contributed by atoms with E-state index in [1.807, 2.05) is 48.5 Å². The van der Waals surface area contributed by atoms with Crippen molar-refractivity contribution in [2.75, 3.05) is 6.61 Å². The third kappa shape index (κ3) is 7.73. The van der Waals surface area contributed by atoms with Crippen LogP contribution in [0.25, 0.3) is 0 Å². The minimum atomic E-state index is -1.10. The van der Waals surface area contributed by atoms with Crippen LogP contribution in [-0.4, -0.2) is 23.9 Å². The van der Waals surface area contributed by atoms with Gasteiger partial charge in [0.15, 0.2) is 0 Å². The Morgan fingerprint density at radius 1 is 0.903 bits per heavy atom. The quantitative estimate of drug-likeness (QED) is 0.256. The molecule has 0 atom stereocenters. The molecule has 0 unspecified atom stereocenters. The number of hydrogen-bond donors (Lipinski definition) is 1. The van der Waals surface area contributed by atoms with Crippen molar-refractivity contribution >= 4 is 44.0 Å². The molecule has 3 rings (SSSR count). The summed E-state index contributed by atoms with van der Waals surface area (Å²) in [6.07, 6.45) is 1.41. The number of oxime groups is 1. The lowest BCUT2D eigenvalue weighted by molar-refractivity contribution is -0.142. The summed E-state index contributed by atoms with van der Waals surface area (Å²) in [6.45, 7) is 0.226. The first-order chi connectivity index (χ1) is 15.0. The fourth-order valence-corrected chi connectivity index (χ4v) is 3.50. The highest BCUT2D eigenvalue weighted by atomic mass is 79.9. The Hall–Kier alpha value is -2.84. The summed E-state index contributed by atoms with van der Waals surface area (Å²) in [5.74, 6) is 0.0711. The first-order valence-corrected chi connectivity index (χ1v) is 10.8. The lowest BCUT2D eigenvalue weighted by Gasteiger charge is -2.13. The molecule has 0 heterocycles. The Balaban J connectivity index is 1.74. The summed E-state index contributed by atoms with van der Waals surface area (Å²) in [6, 6.07) is 21.0. The second kappa shape index (κ2) is 11.5. The van der Waals surface area contributed by atoms with E-state index in [9.17, 15) is 4.79 Å². The van der Waals surface area contributed by atoms with Gasteiger partial charge >= 0.3 is 5.97 Å². The zero-order chi connectivity index (χ0) is 22.1. The second-order valence-corrected chi connectivity index (χ2v) is 8.27. The van der Waals surface area contributed by atoms with Crippen LogP contribution in [0.4, 0.5) is 0 Å². The lowest BCUT2D eigenvalue weighted by atomic mass is 10.2. The van der Waals surface area contributed by atoms with E-state index < -0.39 is 12.6 Å². The van der Waals surface area contributed by atoms with E-state index in [2.05, 4.69) is 37.0 Å². The molecule has 0 radical (unpaired) electrons. The number of rotatable bonds is 10. The highest BCUT2D eigenvalue weighted by Crippen LogP contribution is 2.26. The lowest BCUT2D eigenvalue weighted by Crippen LogP contribution is -2.04. The van der Waals surface area contributed by atoms with Crippen molar-refractivity contribution in [1.82, 2.24) is 0 Å². The maximum absolute atomic E-state index is 10.6. The standard InChI is InChI=1S/C23H19Br2NO5/c24-19-5-1-3-16(9-19)13-29-21-8-7-18(12-26-31-15-23(27)28)22(11-21)30-14-17-4-2-6-20(25)10-17/h1-12H,13-15H2,(H,27,28)/b26-12+. The van der Waals surface area contributed by atoms with Crippen LogP contribution in [0.15, 0.2) is 80.8 Å². The van der Waals surface area contributed by atoms with E-state index >= 15 is 0 Å². The maximum Gasteiger partial charge on any atom is 0.344 e. The summed E-state index contributed by atoms with van der Waals surface area (Å²) in [7, 11) is 0. The van der Waals surface area contributed by atoms with Crippen LogP contribution in [-0.2, 0) is 22.8 Å². The molecular weight excluding hydrogens is 530 g/mol. The van der Waals surface area contributed by atoms with Gasteiger partial charge in [-0.3, -0.25) is 0 Å². The van der Waals surface area contributed by atoms with Crippen LogP contribution in [0.1, 0.15) is 16.7 Å². The van der Waals surface area contributed by atoms with Crippen LogP contribution in [0.5, 0.6) is 11.5 Å². The van der Waals surface area contributed by atoms with Gasteiger partial charge in [-0.2, -0.15) is 0 Å². The van der Waals surface area contributed by atoms with E-state index in [1.54, 1.807) is 18.2 Å². The molecule has 3 aromatic carbocycles. The zero-order valence-electron chi connectivity index (χ0n) is 16.3. The molecule has 0 aliphatic heterocycles. The number of halogens is 2. The molecule has 0 aromatic heterocycles. The second-order valence-electron chi connectivity index (χ2n) is 6.44. The first-order valence-electron chi connectivity index (χ1n) is 9.25. The van der Waals surface area contributed by atoms with Crippen molar-refractivity contribution in [1.29, 1.82) is 0 Å². The molecule has 3 aromatic rings. The summed E-state index contributed by atoms with van der Waals surface area (Å²) >= 11 is 6.91. The Labute approximate surface area is 196 Å². The Bertz CT molecular complexity index is 1070. The van der Waals surface area contributed by atoms with Crippen molar-refractivity contribution in [3.8, 4) is 11.5 Å². The molecule has 0 saturated carbocycles. The molecule has 0 fully saturated rings. The zero-order valence-corrected chi connectivity index (χ0v) is 19.5. The van der Waals surface area contributed by atoms with E-state index in [0.29, 0.717) is 30.3 Å². The number of carboxylic acid groups (broad SMARTS) is 1. The van der Waals surface area contributed by atoms with Gasteiger partial charge in [-0.15, -0.1) is 0 Å². The third-order valence-corrected chi connectivity index (χ3v) is 5.00. The smallest absolute Gasteiger partial charge is 0.344 e. The average Bonchev–Trinajstić information content (AvgIpc) is 2.74. The Kier molecular flexibility index (Phi) is 8.49. The molecule has 0 aliphatic rings. The van der Waals surface area contributed by atoms with Gasteiger partial charge in [0.2, 0.25) is 6.61 Å². The maximum atomic E-state index is 10.6. The van der Waals surface area contributed by atoms with Crippen LogP contribution >= 0.6 is 31.9 Å². The van der Waals surface area contributed by atoms with Gasteiger partial charge < -0.3 is 19.4 Å². The van der Waals surface area contributed by atoms with Gasteiger partial charge in [-0.25, -0.2) is 4.79 Å². The van der Waals surface area contributed by atoms with Crippen molar-refractivity contribution in [2.45, 2.75) is 13.2 Å². The molecule has 0 saturated heterocycles. The number of carboxylic acids is 1. The molecule has 0 bridgehead atoms. The molecule has 31 heavy (non-hydrogen) atoms. The summed E-state index contributed by atoms with van der Waals surface area (Å²) in [5.41, 5.74) is 2.65. The minimum Gasteiger partial charge on any atom is -0.489 e. The van der Waals surface area contributed by atoms with Gasteiger partial charge in [0.25, 0.3) is 0 Å². The number of ether oxygens (including phenoxy) is 2. The minimum absolute atomic E-state index is 0.339. The fraction of sp³-hybridized carbons (Fsp3) is 0.130. The number of nitrogens with zero attached hydrogens (tertiary/aromatic N) is 1. The molecule has 8 heteroatoms. The normalized spacial score (nSPS) is 10.8. The highest BCUT2D eigenvalue weighted by molar-refractivity contribution is 9.10. The predicted molar refractivity (Wildman–Crippen MR) is 125 cm³/mol. The summed E-state index contributed by atoms with van der Waals surface area (Å²) < 4.78 is 13.9. The topological polar surface area (TPSA) is 77.4 Å². The molecule has 0 aliphatic carbocycles. The van der Waals surface area contributed by atoms with Crippen molar-refractivity contribution < 1.29 is 24.2 Å². The van der Waals surface area contributed by atoms with Crippen molar-refractivity contribution in [3.05, 3.63) is 92.4 Å². The van der Waals surface area contributed by atoms with E-state index in [4.69, 9.17) is 19.4 Å². The number of aliphatic carboxylic acids is 1. The summed E-state index contributed by atoms with van der Waals surface area (Å²) in [4.78, 5) is 15.3. The van der Waals surface area contributed by atoms with Crippen LogP contribution in [0, 0.1) is 0 Å². The summed E-state index contributed by atoms with van der Waals surface area (Å²) in [5, 5.41) is 12.4. The molecule has 0 amide bonds. The van der Waals surface area contributed by atoms with Crippen molar-refractivity contribution in [2.24, 2.45) is 5.16 Å². The predicted octanol–water partition coefficient (Wildman–Crippen LogP) is 5.80. The molecule has 0 spiro atoms. The number of hydrogen-bond acceptors (Lipinski definition) is 5. The third-order valence-electron chi connectivity index (χ3n) is 4.02. The molecule has 6 nitrogen and oxygen atoms in total. The SMILES string of the molecule is O=C(O)CO/N=C/c1ccc(OCc2cccc(Br)c2)cc1OCc1cccc(Br)c1. The fourth-order valence-electron chi connectivity index (χ4n) is 2.60. The van der Waals surface area contributed by atoms with Crippen LogP contribution in [0.2, 0.25) is 0 Å². The highest BCUT2D eigenvalue weighted by Gasteiger charge is 2.07. The van der Waals surface area contributed by atoms with E-state index in [0.717, 1.165) is 20.1 Å². The van der Waals surface area contributed by atoms with Gasteiger partial charge in [-0.05, 0) is 47.5 Å². The largest absolute Gasteiger partial charge is 0.489 e. The molecule has 160 valence electrons. The molecule has 1 N–H and O–H groups in total. The van der Waals surface area contributed by atoms with Gasteiger partial charge in [-0.1, -0.05) is 61.3 Å². The van der Waals surface area contributed by atoms with Gasteiger partial charge in [0.05, 0.1) is 6.21 Å². The monoisotopic (exact) mass is 547 g/mol. The van der Waals surface area contributed by atoms with E-state index in [1.165, 1.54) is 6.21 Å². The first kappa shape index (κ1) is 22.8. The average molecular weight is 549 g/mol. The van der Waals surface area contributed by atoms with E-state index in [-0.39, 0.29) is 0 Å². The number of carbonyl (C=O) groups is 1. The van der Waals surface area contributed by atoms with Crippen molar-refractivity contribution in [3.63, 3.8) is 0 Å². The van der Waals surface area contributed by atoms with Gasteiger partial charge in [0.1, 0.15) is 24.7 Å². The molecular formula is C23H19Br2NO5. The van der Waals surface area contributed by atoms with Gasteiger partial charge in [0, 0.05) is 20.6 Å². The van der Waals surface area contributed by atoms with Crippen LogP contribution in [0.3, 0.4) is 0 Å². The van der Waals surface area contributed by atoms with Crippen LogP contribution < -0.4 is 9.47 Å². The Morgan fingerprint density at radius 2 is 1.55 bits per heavy atom. The number of benzene rings is 3. The Morgan fingerprint density at radius 3 is 2.16 bits per heavy atom.